The van der Waals surface area contributed by atoms with E-state index in [1.165, 1.54) is 4.31 Å². The number of hydrogen-bond acceptors (Lipinski definition) is 3. The van der Waals surface area contributed by atoms with Gasteiger partial charge in [-0.15, -0.1) is 0 Å². The van der Waals surface area contributed by atoms with Crippen molar-refractivity contribution in [3.05, 3.63) is 34.9 Å². The molecule has 0 spiro atoms. The molecule has 7 heteroatoms. The Labute approximate surface area is 167 Å². The molecule has 0 aliphatic carbocycles. The van der Waals surface area contributed by atoms with Gasteiger partial charge in [0.1, 0.15) is 0 Å². The third-order valence-electron chi connectivity index (χ3n) is 5.70. The van der Waals surface area contributed by atoms with Crippen molar-refractivity contribution in [2.45, 2.75) is 45.3 Å². The Balaban J connectivity index is 1.58. The monoisotopic (exact) mass is 412 g/mol. The van der Waals surface area contributed by atoms with E-state index in [4.69, 9.17) is 11.6 Å². The Kier molecular flexibility index (Phi) is 6.18. The predicted octanol–water partition coefficient (Wildman–Crippen LogP) is 3.53. The number of benzene rings is 1. The zero-order chi connectivity index (χ0) is 19.7. The molecule has 1 aromatic rings. The van der Waals surface area contributed by atoms with Crippen LogP contribution in [-0.2, 0) is 20.6 Å². The summed E-state index contributed by atoms with van der Waals surface area (Å²) in [6, 6.07) is 7.03. The van der Waals surface area contributed by atoms with Crippen LogP contribution in [0.25, 0.3) is 0 Å². The summed E-state index contributed by atoms with van der Waals surface area (Å²) in [4.78, 5) is 14.9. The standard InChI is InChI=1S/C20H29ClN2O3S/c1-20(2)10-5-11-22(15-20)19(24)16-8-12-23(13-9-16)27(25,26)14-17-6-3-4-7-18(17)21/h3-4,6-7,16H,5,8-15H2,1-2H3. The largest absolute Gasteiger partial charge is 0.342 e. The van der Waals surface area contributed by atoms with E-state index in [9.17, 15) is 13.2 Å². The Morgan fingerprint density at radius 2 is 1.85 bits per heavy atom. The second kappa shape index (κ2) is 8.10. The minimum absolute atomic E-state index is 0.0642. The van der Waals surface area contributed by atoms with E-state index in [0.29, 0.717) is 36.5 Å². The summed E-state index contributed by atoms with van der Waals surface area (Å²) in [5.41, 5.74) is 0.792. The molecule has 0 radical (unpaired) electrons. The van der Waals surface area contributed by atoms with Gasteiger partial charge in [0.05, 0.1) is 5.75 Å². The summed E-state index contributed by atoms with van der Waals surface area (Å²) in [6.45, 7) is 6.84. The fraction of sp³-hybridized carbons (Fsp3) is 0.650. The van der Waals surface area contributed by atoms with Crippen LogP contribution in [0.15, 0.2) is 24.3 Å². The van der Waals surface area contributed by atoms with Gasteiger partial charge in [-0.3, -0.25) is 4.79 Å². The number of amides is 1. The molecule has 2 saturated heterocycles. The lowest BCUT2D eigenvalue weighted by atomic mass is 9.83. The van der Waals surface area contributed by atoms with Crippen molar-refractivity contribution in [1.82, 2.24) is 9.21 Å². The molecule has 2 heterocycles. The van der Waals surface area contributed by atoms with Crippen LogP contribution in [0.4, 0.5) is 0 Å². The van der Waals surface area contributed by atoms with Gasteiger partial charge in [-0.2, -0.15) is 0 Å². The molecule has 2 aliphatic rings. The van der Waals surface area contributed by atoms with Crippen molar-refractivity contribution in [2.75, 3.05) is 26.2 Å². The van der Waals surface area contributed by atoms with E-state index in [0.717, 1.165) is 25.9 Å². The highest BCUT2D eigenvalue weighted by atomic mass is 35.5. The maximum Gasteiger partial charge on any atom is 0.225 e. The SMILES string of the molecule is CC1(C)CCCN(C(=O)C2CCN(S(=O)(=O)Cc3ccccc3Cl)CC2)C1. The van der Waals surface area contributed by atoms with E-state index >= 15 is 0 Å². The van der Waals surface area contributed by atoms with E-state index in [1.807, 2.05) is 4.90 Å². The van der Waals surface area contributed by atoms with Crippen molar-refractivity contribution >= 4 is 27.5 Å². The van der Waals surface area contributed by atoms with Crippen LogP contribution < -0.4 is 0 Å². The second-order valence-electron chi connectivity index (χ2n) is 8.55. The Hall–Kier alpha value is -1.11. The molecule has 0 saturated carbocycles. The first-order valence-electron chi connectivity index (χ1n) is 9.68. The van der Waals surface area contributed by atoms with Crippen LogP contribution in [0.5, 0.6) is 0 Å². The number of halogens is 1. The van der Waals surface area contributed by atoms with Gasteiger partial charge in [0.15, 0.2) is 0 Å². The lowest BCUT2D eigenvalue weighted by Crippen LogP contribution is -2.49. The predicted molar refractivity (Wildman–Crippen MR) is 108 cm³/mol. The minimum Gasteiger partial charge on any atom is -0.342 e. The van der Waals surface area contributed by atoms with Crippen LogP contribution in [0, 0.1) is 11.3 Å². The first-order valence-corrected chi connectivity index (χ1v) is 11.7. The molecule has 2 aliphatic heterocycles. The maximum absolute atomic E-state index is 12.9. The maximum atomic E-state index is 12.9. The Bertz CT molecular complexity index is 786. The molecule has 1 aromatic carbocycles. The first kappa shape index (κ1) is 20.6. The molecule has 0 unspecified atom stereocenters. The highest BCUT2D eigenvalue weighted by Crippen LogP contribution is 2.31. The molecule has 1 amide bonds. The highest BCUT2D eigenvalue weighted by Gasteiger charge is 2.36. The van der Waals surface area contributed by atoms with Gasteiger partial charge in [-0.1, -0.05) is 43.6 Å². The first-order chi connectivity index (χ1) is 12.7. The summed E-state index contributed by atoms with van der Waals surface area (Å²) in [7, 11) is -3.43. The van der Waals surface area contributed by atoms with Crippen molar-refractivity contribution in [1.29, 1.82) is 0 Å². The van der Waals surface area contributed by atoms with Gasteiger partial charge in [-0.25, -0.2) is 12.7 Å². The number of carbonyl (C=O) groups excluding carboxylic acids is 1. The number of carbonyl (C=O) groups is 1. The number of rotatable bonds is 4. The third kappa shape index (κ3) is 5.04. The number of piperidine rings is 2. The molecule has 0 atom stereocenters. The number of hydrogen-bond donors (Lipinski definition) is 0. The zero-order valence-electron chi connectivity index (χ0n) is 16.2. The third-order valence-corrected chi connectivity index (χ3v) is 7.90. The van der Waals surface area contributed by atoms with Gasteiger partial charge >= 0.3 is 0 Å². The lowest BCUT2D eigenvalue weighted by molar-refractivity contribution is -0.139. The molecule has 2 fully saturated rings. The van der Waals surface area contributed by atoms with Crippen LogP contribution in [-0.4, -0.2) is 49.7 Å². The van der Waals surface area contributed by atoms with Crippen LogP contribution in [0.2, 0.25) is 5.02 Å². The summed E-state index contributed by atoms with van der Waals surface area (Å²) in [5, 5.41) is 0.471. The molecule has 3 rings (SSSR count). The van der Waals surface area contributed by atoms with Crippen molar-refractivity contribution in [2.24, 2.45) is 11.3 Å². The normalized spacial score (nSPS) is 22.0. The number of sulfonamides is 1. The van der Waals surface area contributed by atoms with Crippen molar-refractivity contribution in [3.8, 4) is 0 Å². The van der Waals surface area contributed by atoms with Crippen molar-refractivity contribution in [3.63, 3.8) is 0 Å². The average molecular weight is 413 g/mol. The van der Waals surface area contributed by atoms with Crippen LogP contribution >= 0.6 is 11.6 Å². The quantitative estimate of drug-likeness (QED) is 0.760. The van der Waals surface area contributed by atoms with Crippen LogP contribution in [0.3, 0.4) is 0 Å². The highest BCUT2D eigenvalue weighted by molar-refractivity contribution is 7.88. The molecule has 0 aromatic heterocycles. The molecule has 150 valence electrons. The number of nitrogens with zero attached hydrogens (tertiary/aromatic N) is 2. The summed E-state index contributed by atoms with van der Waals surface area (Å²) in [5.74, 6) is 0.0441. The van der Waals surface area contributed by atoms with Crippen molar-refractivity contribution < 1.29 is 13.2 Å². The topological polar surface area (TPSA) is 57.7 Å². The smallest absolute Gasteiger partial charge is 0.225 e. The lowest BCUT2D eigenvalue weighted by Gasteiger charge is -2.40. The van der Waals surface area contributed by atoms with Gasteiger partial charge in [-0.05, 0) is 42.7 Å². The molecule has 27 heavy (non-hydrogen) atoms. The van der Waals surface area contributed by atoms with Gasteiger partial charge in [0.2, 0.25) is 15.9 Å². The second-order valence-corrected chi connectivity index (χ2v) is 10.9. The molecular weight excluding hydrogens is 384 g/mol. The van der Waals surface area contributed by atoms with Gasteiger partial charge < -0.3 is 4.90 Å². The fourth-order valence-corrected chi connectivity index (χ4v) is 6.03. The fourth-order valence-electron chi connectivity index (χ4n) is 4.15. The number of likely N-dealkylation sites (tertiary alicyclic amines) is 1. The van der Waals surface area contributed by atoms with E-state index in [-0.39, 0.29) is 23.0 Å². The van der Waals surface area contributed by atoms with E-state index in [1.54, 1.807) is 24.3 Å². The molecular formula is C20H29ClN2O3S. The average Bonchev–Trinajstić information content (AvgIpc) is 2.62. The zero-order valence-corrected chi connectivity index (χ0v) is 17.7. The van der Waals surface area contributed by atoms with E-state index < -0.39 is 10.0 Å². The van der Waals surface area contributed by atoms with Gasteiger partial charge in [0, 0.05) is 37.1 Å². The van der Waals surface area contributed by atoms with Crippen LogP contribution in [0.1, 0.15) is 45.1 Å². The van der Waals surface area contributed by atoms with E-state index in [2.05, 4.69) is 13.8 Å². The minimum atomic E-state index is -3.43. The van der Waals surface area contributed by atoms with Gasteiger partial charge in [0.25, 0.3) is 0 Å². The summed E-state index contributed by atoms with van der Waals surface area (Å²) >= 11 is 6.11. The Morgan fingerprint density at radius 1 is 1.19 bits per heavy atom. The molecule has 0 N–H and O–H groups in total. The molecule has 5 nitrogen and oxygen atoms in total. The Morgan fingerprint density at radius 3 is 2.48 bits per heavy atom. The summed E-state index contributed by atoms with van der Waals surface area (Å²) < 4.78 is 27.0. The summed E-state index contributed by atoms with van der Waals surface area (Å²) in [6.07, 6.45) is 3.38. The molecule has 0 bridgehead atoms.